The fourth-order valence-electron chi connectivity index (χ4n) is 2.43. The maximum absolute atomic E-state index is 6.10. The highest BCUT2D eigenvalue weighted by Gasteiger charge is 2.11. The largest absolute Gasteiger partial charge is 0.488 e. The number of para-hydroxylation sites is 1. The van der Waals surface area contributed by atoms with Crippen LogP contribution in [0.1, 0.15) is 24.7 Å². The van der Waals surface area contributed by atoms with E-state index in [-0.39, 0.29) is 6.10 Å². The summed E-state index contributed by atoms with van der Waals surface area (Å²) in [6.45, 7) is 6.61. The van der Waals surface area contributed by atoms with Gasteiger partial charge in [-0.25, -0.2) is 4.98 Å². The van der Waals surface area contributed by atoms with E-state index >= 15 is 0 Å². The van der Waals surface area contributed by atoms with Crippen molar-refractivity contribution in [3.05, 3.63) is 54.0 Å². The highest BCUT2D eigenvalue weighted by atomic mass is 16.5. The molecule has 0 aliphatic carbocycles. The first kappa shape index (κ1) is 17.0. The zero-order valence-electron chi connectivity index (χ0n) is 14.7. The van der Waals surface area contributed by atoms with E-state index in [1.807, 2.05) is 43.3 Å². The third kappa shape index (κ3) is 4.35. The molecule has 0 spiro atoms. The van der Waals surface area contributed by atoms with Crippen LogP contribution in [0.3, 0.4) is 0 Å². The molecule has 1 atom stereocenters. The van der Waals surface area contributed by atoms with Gasteiger partial charge in [-0.05, 0) is 44.0 Å². The average Bonchev–Trinajstić information content (AvgIpc) is 3.07. The van der Waals surface area contributed by atoms with Crippen LogP contribution in [0.2, 0.25) is 0 Å². The van der Waals surface area contributed by atoms with Gasteiger partial charge in [-0.1, -0.05) is 30.3 Å². The molecule has 3 rings (SSSR count). The van der Waals surface area contributed by atoms with Crippen molar-refractivity contribution >= 4 is 5.82 Å². The van der Waals surface area contributed by atoms with E-state index in [0.717, 1.165) is 29.1 Å². The molecule has 6 nitrogen and oxygen atoms in total. The molecule has 1 N–H and O–H groups in total. The van der Waals surface area contributed by atoms with Crippen LogP contribution in [0.15, 0.2) is 47.1 Å². The van der Waals surface area contributed by atoms with Crippen LogP contribution >= 0.6 is 0 Å². The van der Waals surface area contributed by atoms with Crippen molar-refractivity contribution in [1.82, 2.24) is 15.1 Å². The van der Waals surface area contributed by atoms with Crippen LogP contribution in [0.25, 0.3) is 11.5 Å². The van der Waals surface area contributed by atoms with E-state index in [2.05, 4.69) is 27.4 Å². The fraction of sp³-hybridized carbons (Fsp3) is 0.316. The molecule has 0 aliphatic rings. The predicted molar refractivity (Wildman–Crippen MR) is 96.6 cm³/mol. The van der Waals surface area contributed by atoms with Crippen molar-refractivity contribution in [3.63, 3.8) is 0 Å². The second-order valence-electron chi connectivity index (χ2n) is 5.87. The molecule has 0 amide bonds. The summed E-state index contributed by atoms with van der Waals surface area (Å²) in [4.78, 5) is 8.59. The van der Waals surface area contributed by atoms with Gasteiger partial charge in [0.1, 0.15) is 17.7 Å². The fourth-order valence-corrected chi connectivity index (χ4v) is 2.43. The smallest absolute Gasteiger partial charge is 0.258 e. The maximum Gasteiger partial charge on any atom is 0.258 e. The predicted octanol–water partition coefficient (Wildman–Crippen LogP) is 4.02. The zero-order valence-corrected chi connectivity index (χ0v) is 14.7. The number of hydrogen-bond donors (Lipinski definition) is 1. The number of aryl methyl sites for hydroxylation is 2. The lowest BCUT2D eigenvalue weighted by atomic mass is 10.2. The first-order valence-electron chi connectivity index (χ1n) is 8.38. The SMILES string of the molecule is CCC(CNc1cc(-c2nc(C)no2)ccn1)Oc1ccccc1C. The molecule has 2 heterocycles. The highest BCUT2D eigenvalue weighted by Crippen LogP contribution is 2.21. The summed E-state index contributed by atoms with van der Waals surface area (Å²) in [6, 6.07) is 11.8. The molecule has 6 heteroatoms. The van der Waals surface area contributed by atoms with Crippen LogP contribution in [-0.2, 0) is 0 Å². The summed E-state index contributed by atoms with van der Waals surface area (Å²) < 4.78 is 11.3. The minimum absolute atomic E-state index is 0.0530. The first-order valence-corrected chi connectivity index (χ1v) is 8.38. The van der Waals surface area contributed by atoms with Crippen molar-refractivity contribution in [2.45, 2.75) is 33.3 Å². The van der Waals surface area contributed by atoms with Crippen LogP contribution in [-0.4, -0.2) is 27.8 Å². The van der Waals surface area contributed by atoms with E-state index in [0.29, 0.717) is 18.3 Å². The number of ether oxygens (including phenoxy) is 1. The van der Waals surface area contributed by atoms with E-state index in [9.17, 15) is 0 Å². The lowest BCUT2D eigenvalue weighted by molar-refractivity contribution is 0.208. The molecule has 0 bridgehead atoms. The Hall–Kier alpha value is -2.89. The van der Waals surface area contributed by atoms with Gasteiger partial charge in [0.05, 0.1) is 6.54 Å². The molecule has 3 aromatic rings. The van der Waals surface area contributed by atoms with Gasteiger partial charge < -0.3 is 14.6 Å². The minimum Gasteiger partial charge on any atom is -0.488 e. The summed E-state index contributed by atoms with van der Waals surface area (Å²) in [5.41, 5.74) is 1.97. The Labute approximate surface area is 147 Å². The van der Waals surface area contributed by atoms with Gasteiger partial charge in [0.15, 0.2) is 5.82 Å². The Morgan fingerprint density at radius 1 is 1.20 bits per heavy atom. The van der Waals surface area contributed by atoms with Crippen LogP contribution < -0.4 is 10.1 Å². The summed E-state index contributed by atoms with van der Waals surface area (Å²) in [5.74, 6) is 2.77. The Kier molecular flexibility index (Phi) is 5.28. The van der Waals surface area contributed by atoms with Gasteiger partial charge in [-0.15, -0.1) is 0 Å². The number of aromatic nitrogens is 3. The number of anilines is 1. The number of pyridine rings is 1. The molecular formula is C19H22N4O2. The standard InChI is InChI=1S/C19H22N4O2/c1-4-16(24-17-8-6-5-7-13(17)2)12-21-18-11-15(9-10-20-18)19-22-14(3)23-25-19/h5-11,16H,4,12H2,1-3H3,(H,20,21). The van der Waals surface area contributed by atoms with Gasteiger partial charge >= 0.3 is 0 Å². The van der Waals surface area contributed by atoms with Gasteiger partial charge in [-0.3, -0.25) is 0 Å². The molecule has 2 aromatic heterocycles. The Balaban J connectivity index is 1.65. The number of hydrogen-bond acceptors (Lipinski definition) is 6. The first-order chi connectivity index (χ1) is 12.2. The van der Waals surface area contributed by atoms with Crippen molar-refractivity contribution in [2.75, 3.05) is 11.9 Å². The average molecular weight is 338 g/mol. The lowest BCUT2D eigenvalue weighted by Crippen LogP contribution is -2.26. The Bertz CT molecular complexity index is 832. The lowest BCUT2D eigenvalue weighted by Gasteiger charge is -2.19. The molecule has 1 aromatic carbocycles. The van der Waals surface area contributed by atoms with Crippen molar-refractivity contribution in [1.29, 1.82) is 0 Å². The molecule has 1 unspecified atom stereocenters. The molecule has 25 heavy (non-hydrogen) atoms. The molecule has 0 saturated heterocycles. The number of rotatable bonds is 7. The van der Waals surface area contributed by atoms with Gasteiger partial charge in [0.25, 0.3) is 5.89 Å². The highest BCUT2D eigenvalue weighted by molar-refractivity contribution is 5.57. The van der Waals surface area contributed by atoms with E-state index in [1.54, 1.807) is 13.1 Å². The zero-order chi connectivity index (χ0) is 17.6. The normalized spacial score (nSPS) is 12.0. The molecule has 130 valence electrons. The topological polar surface area (TPSA) is 73.1 Å². The third-order valence-electron chi connectivity index (χ3n) is 3.89. The quantitative estimate of drug-likeness (QED) is 0.701. The molecule has 0 aliphatic heterocycles. The van der Waals surface area contributed by atoms with Gasteiger partial charge in [-0.2, -0.15) is 4.98 Å². The number of benzene rings is 1. The summed E-state index contributed by atoms with van der Waals surface area (Å²) in [6.07, 6.45) is 2.67. The van der Waals surface area contributed by atoms with Crippen LogP contribution in [0.5, 0.6) is 5.75 Å². The maximum atomic E-state index is 6.10. The molecule has 0 fully saturated rings. The minimum atomic E-state index is 0.0530. The Morgan fingerprint density at radius 3 is 2.76 bits per heavy atom. The summed E-state index contributed by atoms with van der Waals surface area (Å²) in [7, 11) is 0. The van der Waals surface area contributed by atoms with Crippen molar-refractivity contribution < 1.29 is 9.26 Å². The van der Waals surface area contributed by atoms with Crippen LogP contribution in [0.4, 0.5) is 5.82 Å². The summed E-state index contributed by atoms with van der Waals surface area (Å²) in [5, 5.41) is 7.14. The van der Waals surface area contributed by atoms with Crippen molar-refractivity contribution in [3.8, 4) is 17.2 Å². The van der Waals surface area contributed by atoms with Crippen molar-refractivity contribution in [2.24, 2.45) is 0 Å². The summed E-state index contributed by atoms with van der Waals surface area (Å²) >= 11 is 0. The van der Waals surface area contributed by atoms with E-state index < -0.39 is 0 Å². The van der Waals surface area contributed by atoms with E-state index in [4.69, 9.17) is 9.26 Å². The van der Waals surface area contributed by atoms with Crippen LogP contribution in [0, 0.1) is 13.8 Å². The number of nitrogens with zero attached hydrogens (tertiary/aromatic N) is 3. The second kappa shape index (κ2) is 7.79. The molecule has 0 radical (unpaired) electrons. The molecule has 0 saturated carbocycles. The van der Waals surface area contributed by atoms with E-state index in [1.165, 1.54) is 0 Å². The monoisotopic (exact) mass is 338 g/mol. The Morgan fingerprint density at radius 2 is 2.04 bits per heavy atom. The van der Waals surface area contributed by atoms with Gasteiger partial charge in [0.2, 0.25) is 0 Å². The number of nitrogens with one attached hydrogen (secondary N) is 1. The third-order valence-corrected chi connectivity index (χ3v) is 3.89. The van der Waals surface area contributed by atoms with Gasteiger partial charge in [0, 0.05) is 11.8 Å². The second-order valence-corrected chi connectivity index (χ2v) is 5.87. The molecular weight excluding hydrogens is 316 g/mol.